The summed E-state index contributed by atoms with van der Waals surface area (Å²) in [5.41, 5.74) is 0.585. The number of hydrogen-bond donors (Lipinski definition) is 1. The van der Waals surface area contributed by atoms with Crippen molar-refractivity contribution in [1.29, 1.82) is 5.26 Å². The molecule has 80 valence electrons. The fourth-order valence-electron chi connectivity index (χ4n) is 1.29. The summed E-state index contributed by atoms with van der Waals surface area (Å²) < 4.78 is 12.9. The molecule has 0 unspecified atom stereocenters. The summed E-state index contributed by atoms with van der Waals surface area (Å²) in [4.78, 5) is 4.67. The van der Waals surface area contributed by atoms with Crippen LogP contribution >= 0.6 is 11.3 Å². The molecule has 1 aromatic carbocycles. The van der Waals surface area contributed by atoms with Crippen molar-refractivity contribution in [2.24, 2.45) is 0 Å². The minimum Gasteiger partial charge on any atom is -0.338 e. The summed E-state index contributed by atoms with van der Waals surface area (Å²) in [5, 5.41) is 12.6. The number of hydrogen-bond acceptors (Lipinski definition) is 4. The van der Waals surface area contributed by atoms with Gasteiger partial charge in [-0.3, -0.25) is 0 Å². The molecule has 5 heteroatoms. The van der Waals surface area contributed by atoms with Crippen molar-refractivity contribution in [2.75, 3.05) is 5.32 Å². The summed E-state index contributed by atoms with van der Waals surface area (Å²) >= 11 is 1.31. The van der Waals surface area contributed by atoms with Crippen molar-refractivity contribution in [3.63, 3.8) is 0 Å². The van der Waals surface area contributed by atoms with E-state index in [1.165, 1.54) is 23.5 Å². The van der Waals surface area contributed by atoms with Crippen molar-refractivity contribution in [3.8, 4) is 6.07 Å². The van der Waals surface area contributed by atoms with E-state index in [0.717, 1.165) is 5.01 Å². The number of aryl methyl sites for hydroxylation is 1. The van der Waals surface area contributed by atoms with Crippen LogP contribution in [-0.4, -0.2) is 4.98 Å². The maximum atomic E-state index is 12.9. The first-order valence-corrected chi connectivity index (χ1v) is 5.41. The molecule has 0 spiro atoms. The first-order chi connectivity index (χ1) is 7.69. The molecular formula is C11H8FN3S. The number of halogens is 1. The third-order valence-corrected chi connectivity index (χ3v) is 2.80. The maximum absolute atomic E-state index is 12.9. The molecule has 0 bridgehead atoms. The van der Waals surface area contributed by atoms with Crippen molar-refractivity contribution in [1.82, 2.24) is 4.98 Å². The zero-order valence-electron chi connectivity index (χ0n) is 8.49. The van der Waals surface area contributed by atoms with E-state index in [0.29, 0.717) is 16.4 Å². The van der Waals surface area contributed by atoms with Gasteiger partial charge in [0.25, 0.3) is 0 Å². The van der Waals surface area contributed by atoms with Crippen molar-refractivity contribution in [3.05, 3.63) is 40.0 Å². The Morgan fingerprint density at radius 1 is 1.50 bits per heavy atom. The van der Waals surface area contributed by atoms with E-state index < -0.39 is 0 Å². The van der Waals surface area contributed by atoms with Gasteiger partial charge in [-0.25, -0.2) is 9.37 Å². The maximum Gasteiger partial charge on any atom is 0.159 e. The van der Waals surface area contributed by atoms with Gasteiger partial charge in [0, 0.05) is 5.69 Å². The van der Waals surface area contributed by atoms with Crippen LogP contribution in [0.25, 0.3) is 0 Å². The van der Waals surface area contributed by atoms with Crippen LogP contribution in [0.2, 0.25) is 0 Å². The Morgan fingerprint density at radius 2 is 2.31 bits per heavy atom. The van der Waals surface area contributed by atoms with Gasteiger partial charge in [0.1, 0.15) is 16.8 Å². The number of aromatic nitrogens is 1. The summed E-state index contributed by atoms with van der Waals surface area (Å²) in [7, 11) is 0. The number of thiazole rings is 1. The first kappa shape index (κ1) is 10.6. The fraction of sp³-hybridized carbons (Fsp3) is 0.0909. The van der Waals surface area contributed by atoms with Gasteiger partial charge in [0.2, 0.25) is 0 Å². The number of benzene rings is 1. The molecular weight excluding hydrogens is 225 g/mol. The van der Waals surface area contributed by atoms with Gasteiger partial charge in [-0.2, -0.15) is 5.26 Å². The van der Waals surface area contributed by atoms with Crippen LogP contribution in [0.4, 0.5) is 15.9 Å². The largest absolute Gasteiger partial charge is 0.338 e. The lowest BCUT2D eigenvalue weighted by Crippen LogP contribution is -1.93. The lowest BCUT2D eigenvalue weighted by atomic mass is 10.3. The van der Waals surface area contributed by atoms with E-state index in [1.54, 1.807) is 12.1 Å². The van der Waals surface area contributed by atoms with Crippen LogP contribution < -0.4 is 5.32 Å². The predicted octanol–water partition coefficient (Wildman–Crippen LogP) is 3.21. The van der Waals surface area contributed by atoms with Crippen LogP contribution in [0.3, 0.4) is 0 Å². The highest BCUT2D eigenvalue weighted by atomic mass is 32.1. The Balaban J connectivity index is 2.30. The second-order valence-corrected chi connectivity index (χ2v) is 4.36. The monoisotopic (exact) mass is 233 g/mol. The second kappa shape index (κ2) is 4.29. The van der Waals surface area contributed by atoms with E-state index in [2.05, 4.69) is 16.4 Å². The molecule has 0 aliphatic carbocycles. The van der Waals surface area contributed by atoms with Crippen LogP contribution in [0.15, 0.2) is 24.3 Å². The summed E-state index contributed by atoms with van der Waals surface area (Å²) in [6, 6.07) is 8.09. The Kier molecular flexibility index (Phi) is 2.84. The highest BCUT2D eigenvalue weighted by Crippen LogP contribution is 2.25. The molecule has 0 aliphatic heterocycles. The van der Waals surface area contributed by atoms with Crippen LogP contribution in [0.1, 0.15) is 9.88 Å². The molecule has 1 heterocycles. The predicted molar refractivity (Wildman–Crippen MR) is 61.2 cm³/mol. The Labute approximate surface area is 96.2 Å². The second-order valence-electron chi connectivity index (χ2n) is 3.16. The molecule has 0 saturated carbocycles. The number of nitrogens with one attached hydrogen (secondary N) is 1. The van der Waals surface area contributed by atoms with E-state index in [9.17, 15) is 4.39 Å². The quantitative estimate of drug-likeness (QED) is 0.866. The molecule has 2 rings (SSSR count). The van der Waals surface area contributed by atoms with Crippen LogP contribution in [0.5, 0.6) is 0 Å². The highest BCUT2D eigenvalue weighted by molar-refractivity contribution is 7.12. The van der Waals surface area contributed by atoms with Crippen molar-refractivity contribution >= 4 is 22.8 Å². The highest BCUT2D eigenvalue weighted by Gasteiger charge is 2.08. The van der Waals surface area contributed by atoms with Crippen LogP contribution in [0, 0.1) is 24.1 Å². The molecule has 3 nitrogen and oxygen atoms in total. The van der Waals surface area contributed by atoms with Gasteiger partial charge in [0.15, 0.2) is 5.82 Å². The average Bonchev–Trinajstić information content (AvgIpc) is 2.59. The third-order valence-electron chi connectivity index (χ3n) is 1.92. The fourth-order valence-corrected chi connectivity index (χ4v) is 1.96. The van der Waals surface area contributed by atoms with E-state index in [4.69, 9.17) is 5.26 Å². The number of anilines is 2. The van der Waals surface area contributed by atoms with Crippen LogP contribution in [-0.2, 0) is 0 Å². The number of rotatable bonds is 2. The Bertz CT molecular complexity index is 557. The van der Waals surface area contributed by atoms with Gasteiger partial charge in [-0.05, 0) is 25.1 Å². The Hall–Kier alpha value is -1.93. The lowest BCUT2D eigenvalue weighted by molar-refractivity contribution is 0.628. The van der Waals surface area contributed by atoms with Gasteiger partial charge in [0.05, 0.1) is 5.01 Å². The molecule has 1 N–H and O–H groups in total. The van der Waals surface area contributed by atoms with Gasteiger partial charge < -0.3 is 5.32 Å². The summed E-state index contributed by atoms with van der Waals surface area (Å²) in [6.45, 7) is 1.82. The number of nitriles is 1. The molecule has 0 atom stereocenters. The standard InChI is InChI=1S/C11H8FN3S/c1-7-14-11(10(6-13)16-7)15-9-4-2-3-8(12)5-9/h2-5,15H,1H3. The minimum absolute atomic E-state index is 0.324. The summed E-state index contributed by atoms with van der Waals surface area (Å²) in [6.07, 6.45) is 0. The molecule has 0 radical (unpaired) electrons. The molecule has 2 aromatic rings. The van der Waals surface area contributed by atoms with E-state index >= 15 is 0 Å². The Morgan fingerprint density at radius 3 is 3.00 bits per heavy atom. The van der Waals surface area contributed by atoms with E-state index in [-0.39, 0.29) is 5.82 Å². The van der Waals surface area contributed by atoms with Gasteiger partial charge in [-0.1, -0.05) is 6.07 Å². The van der Waals surface area contributed by atoms with Crippen molar-refractivity contribution in [2.45, 2.75) is 6.92 Å². The SMILES string of the molecule is Cc1nc(Nc2cccc(F)c2)c(C#N)s1. The molecule has 1 aromatic heterocycles. The molecule has 0 amide bonds. The minimum atomic E-state index is -0.324. The average molecular weight is 233 g/mol. The molecule has 0 saturated heterocycles. The zero-order chi connectivity index (χ0) is 11.5. The zero-order valence-corrected chi connectivity index (χ0v) is 9.31. The van der Waals surface area contributed by atoms with E-state index in [1.807, 2.05) is 6.92 Å². The molecule has 16 heavy (non-hydrogen) atoms. The number of nitrogens with zero attached hydrogens (tertiary/aromatic N) is 2. The van der Waals surface area contributed by atoms with Gasteiger partial charge >= 0.3 is 0 Å². The summed E-state index contributed by atoms with van der Waals surface area (Å²) in [5.74, 6) is 0.158. The molecule has 0 aliphatic rings. The first-order valence-electron chi connectivity index (χ1n) is 4.59. The smallest absolute Gasteiger partial charge is 0.159 e. The van der Waals surface area contributed by atoms with Crippen molar-refractivity contribution < 1.29 is 4.39 Å². The topological polar surface area (TPSA) is 48.7 Å². The molecule has 0 fully saturated rings. The van der Waals surface area contributed by atoms with Gasteiger partial charge in [-0.15, -0.1) is 11.3 Å². The normalized spacial score (nSPS) is 9.81. The third kappa shape index (κ3) is 2.18. The lowest BCUT2D eigenvalue weighted by Gasteiger charge is -2.02.